The molecule has 0 bridgehead atoms. The van der Waals surface area contributed by atoms with E-state index in [1.807, 2.05) is 6.92 Å². The van der Waals surface area contributed by atoms with Crippen molar-refractivity contribution in [2.45, 2.75) is 52.6 Å². The van der Waals surface area contributed by atoms with Crippen molar-refractivity contribution < 1.29 is 19.1 Å². The quantitative estimate of drug-likeness (QED) is 0.680. The van der Waals surface area contributed by atoms with Crippen molar-refractivity contribution in [3.63, 3.8) is 0 Å². The first-order valence-corrected chi connectivity index (χ1v) is 7.61. The van der Waals surface area contributed by atoms with Gasteiger partial charge in [-0.05, 0) is 31.9 Å². The van der Waals surface area contributed by atoms with Gasteiger partial charge in [0.15, 0.2) is 0 Å². The van der Waals surface area contributed by atoms with Gasteiger partial charge in [-0.3, -0.25) is 0 Å². The van der Waals surface area contributed by atoms with Gasteiger partial charge in [-0.15, -0.1) is 0 Å². The average molecular weight is 292 g/mol. The van der Waals surface area contributed by atoms with Crippen LogP contribution in [-0.2, 0) is 9.47 Å². The lowest BCUT2D eigenvalue weighted by atomic mass is 10.1. The zero-order chi connectivity index (χ0) is 15.7. The molecule has 1 aromatic carbocycles. The minimum atomic E-state index is -0.494. The second kappa shape index (κ2) is 9.16. The molecule has 1 atom stereocenters. The summed E-state index contributed by atoms with van der Waals surface area (Å²) in [5, 5.41) is 0. The Morgan fingerprint density at radius 3 is 2.19 bits per heavy atom. The fourth-order valence-corrected chi connectivity index (χ4v) is 2.04. The second-order valence-corrected chi connectivity index (χ2v) is 4.84. The summed E-state index contributed by atoms with van der Waals surface area (Å²) in [6, 6.07) is 6.60. The van der Waals surface area contributed by atoms with Gasteiger partial charge in [0.1, 0.15) is 6.10 Å². The van der Waals surface area contributed by atoms with E-state index in [4.69, 9.17) is 9.47 Å². The van der Waals surface area contributed by atoms with E-state index < -0.39 is 11.9 Å². The molecule has 0 heterocycles. The van der Waals surface area contributed by atoms with Crippen molar-refractivity contribution in [3.05, 3.63) is 35.4 Å². The summed E-state index contributed by atoms with van der Waals surface area (Å²) in [5.41, 5.74) is 0.528. The van der Waals surface area contributed by atoms with E-state index in [1.165, 1.54) is 0 Å². The minimum absolute atomic E-state index is 0.104. The number of benzene rings is 1. The van der Waals surface area contributed by atoms with E-state index >= 15 is 0 Å². The molecule has 0 radical (unpaired) electrons. The molecule has 1 unspecified atom stereocenters. The predicted octanol–water partition coefficient (Wildman–Crippen LogP) is 3.99. The summed E-state index contributed by atoms with van der Waals surface area (Å²) in [7, 11) is 0. The first kappa shape index (κ1) is 17.2. The highest BCUT2D eigenvalue weighted by Crippen LogP contribution is 2.16. The number of ether oxygens (including phenoxy) is 2. The largest absolute Gasteiger partial charge is 0.462 e. The van der Waals surface area contributed by atoms with Crippen LogP contribution in [0.5, 0.6) is 0 Å². The van der Waals surface area contributed by atoms with Crippen LogP contribution in [0.25, 0.3) is 0 Å². The summed E-state index contributed by atoms with van der Waals surface area (Å²) in [5.74, 6) is -0.951. The molecule has 21 heavy (non-hydrogen) atoms. The van der Waals surface area contributed by atoms with Crippen LogP contribution in [0.4, 0.5) is 0 Å². The molecule has 4 nitrogen and oxygen atoms in total. The van der Waals surface area contributed by atoms with Crippen LogP contribution in [0.2, 0.25) is 0 Å². The van der Waals surface area contributed by atoms with Crippen LogP contribution in [-0.4, -0.2) is 24.6 Å². The van der Waals surface area contributed by atoms with E-state index in [9.17, 15) is 9.59 Å². The number of rotatable bonds is 8. The first-order valence-electron chi connectivity index (χ1n) is 7.61. The average Bonchev–Trinajstić information content (AvgIpc) is 2.51. The topological polar surface area (TPSA) is 52.6 Å². The molecule has 0 fully saturated rings. The third kappa shape index (κ3) is 5.21. The Bertz CT molecular complexity index is 468. The third-order valence-electron chi connectivity index (χ3n) is 3.25. The van der Waals surface area contributed by atoms with E-state index in [0.717, 1.165) is 25.7 Å². The van der Waals surface area contributed by atoms with Crippen LogP contribution >= 0.6 is 0 Å². The van der Waals surface area contributed by atoms with Gasteiger partial charge < -0.3 is 9.47 Å². The smallest absolute Gasteiger partial charge is 0.339 e. The Balaban J connectivity index is 2.84. The van der Waals surface area contributed by atoms with Crippen LogP contribution in [0, 0.1) is 0 Å². The highest BCUT2D eigenvalue weighted by atomic mass is 16.5. The molecule has 0 spiro atoms. The zero-order valence-electron chi connectivity index (χ0n) is 13.1. The Morgan fingerprint density at radius 2 is 1.67 bits per heavy atom. The number of hydrogen-bond acceptors (Lipinski definition) is 4. The maximum atomic E-state index is 12.3. The molecular weight excluding hydrogens is 268 g/mol. The molecule has 0 N–H and O–H groups in total. The highest BCUT2D eigenvalue weighted by molar-refractivity contribution is 6.03. The number of esters is 2. The molecule has 0 saturated heterocycles. The molecule has 0 amide bonds. The van der Waals surface area contributed by atoms with Gasteiger partial charge in [-0.2, -0.15) is 0 Å². The number of carbonyl (C=O) groups is 2. The summed E-state index contributed by atoms with van der Waals surface area (Å²) in [4.78, 5) is 24.1. The maximum Gasteiger partial charge on any atom is 0.339 e. The van der Waals surface area contributed by atoms with Crippen LogP contribution in [0.3, 0.4) is 0 Å². The second-order valence-electron chi connectivity index (χ2n) is 4.84. The summed E-state index contributed by atoms with van der Waals surface area (Å²) in [6.45, 7) is 6.10. The summed E-state index contributed by atoms with van der Waals surface area (Å²) in [6.07, 6.45) is 3.60. The van der Waals surface area contributed by atoms with Gasteiger partial charge in [0.2, 0.25) is 0 Å². The molecule has 1 rings (SSSR count). The molecular formula is C17H24O4. The Kier molecular flexibility index (Phi) is 7.51. The van der Waals surface area contributed by atoms with Gasteiger partial charge in [-0.25, -0.2) is 9.59 Å². The van der Waals surface area contributed by atoms with Crippen molar-refractivity contribution in [1.82, 2.24) is 0 Å². The summed E-state index contributed by atoms with van der Waals surface area (Å²) >= 11 is 0. The molecule has 0 aliphatic heterocycles. The first-order chi connectivity index (χ1) is 10.1. The third-order valence-corrected chi connectivity index (χ3v) is 3.25. The Morgan fingerprint density at radius 1 is 1.05 bits per heavy atom. The molecule has 0 aromatic heterocycles. The lowest BCUT2D eigenvalue weighted by molar-refractivity contribution is 0.0259. The van der Waals surface area contributed by atoms with Gasteiger partial charge in [0, 0.05) is 0 Å². The van der Waals surface area contributed by atoms with Crippen LogP contribution in [0.15, 0.2) is 24.3 Å². The molecule has 1 aromatic rings. The van der Waals surface area contributed by atoms with E-state index in [2.05, 4.69) is 6.92 Å². The number of unbranched alkanes of at least 4 members (excludes halogenated alkanes) is 1. The Labute approximate surface area is 126 Å². The molecule has 4 heteroatoms. The molecule has 116 valence electrons. The lowest BCUT2D eigenvalue weighted by Gasteiger charge is -2.16. The highest BCUT2D eigenvalue weighted by Gasteiger charge is 2.21. The standard InChI is InChI=1S/C17H24O4/c1-4-7-10-13(5-2)21-17(19)15-12-9-8-11-14(15)16(18)20-6-3/h8-9,11-13H,4-7,10H2,1-3H3. The Hall–Kier alpha value is -1.84. The number of hydrogen-bond donors (Lipinski definition) is 0. The fourth-order valence-electron chi connectivity index (χ4n) is 2.04. The summed E-state index contributed by atoms with van der Waals surface area (Å²) < 4.78 is 10.5. The minimum Gasteiger partial charge on any atom is -0.462 e. The van der Waals surface area contributed by atoms with E-state index in [0.29, 0.717) is 0 Å². The van der Waals surface area contributed by atoms with Crippen molar-refractivity contribution in [2.24, 2.45) is 0 Å². The van der Waals surface area contributed by atoms with Gasteiger partial charge in [0.25, 0.3) is 0 Å². The van der Waals surface area contributed by atoms with Crippen molar-refractivity contribution >= 4 is 11.9 Å². The number of carbonyl (C=O) groups excluding carboxylic acids is 2. The monoisotopic (exact) mass is 292 g/mol. The molecule has 0 aliphatic rings. The SMILES string of the molecule is CCCCC(CC)OC(=O)c1ccccc1C(=O)OCC. The van der Waals surface area contributed by atoms with Crippen LogP contribution < -0.4 is 0 Å². The van der Waals surface area contributed by atoms with Crippen molar-refractivity contribution in [2.75, 3.05) is 6.61 Å². The van der Waals surface area contributed by atoms with Gasteiger partial charge in [0.05, 0.1) is 17.7 Å². The normalized spacial score (nSPS) is 11.8. The molecule has 0 saturated carbocycles. The van der Waals surface area contributed by atoms with E-state index in [-0.39, 0.29) is 23.8 Å². The maximum absolute atomic E-state index is 12.3. The molecule has 0 aliphatic carbocycles. The zero-order valence-corrected chi connectivity index (χ0v) is 13.1. The van der Waals surface area contributed by atoms with Crippen LogP contribution in [0.1, 0.15) is 67.2 Å². The van der Waals surface area contributed by atoms with Gasteiger partial charge in [-0.1, -0.05) is 38.8 Å². The van der Waals surface area contributed by atoms with Crippen molar-refractivity contribution in [3.8, 4) is 0 Å². The van der Waals surface area contributed by atoms with Crippen molar-refractivity contribution in [1.29, 1.82) is 0 Å². The van der Waals surface area contributed by atoms with E-state index in [1.54, 1.807) is 31.2 Å². The lowest BCUT2D eigenvalue weighted by Crippen LogP contribution is -2.20. The fraction of sp³-hybridized carbons (Fsp3) is 0.529. The predicted molar refractivity (Wildman–Crippen MR) is 81.4 cm³/mol. The van der Waals surface area contributed by atoms with Gasteiger partial charge >= 0.3 is 11.9 Å².